The molecule has 0 bridgehead atoms. The zero-order valence-electron chi connectivity index (χ0n) is 8.59. The number of carbonyl (C=O) groups is 1. The average molecular weight is 228 g/mol. The first-order valence-electron chi connectivity index (χ1n) is 4.77. The summed E-state index contributed by atoms with van der Waals surface area (Å²) in [7, 11) is 0. The topological polar surface area (TPSA) is 49.3 Å². The van der Waals surface area contributed by atoms with Crippen molar-refractivity contribution in [3.05, 3.63) is 34.3 Å². The summed E-state index contributed by atoms with van der Waals surface area (Å²) >= 11 is 5.82. The number of hydrogen-bond acceptors (Lipinski definition) is 2. The Kier molecular flexibility index (Phi) is 4.59. The van der Waals surface area contributed by atoms with E-state index in [0.717, 1.165) is 16.1 Å². The van der Waals surface area contributed by atoms with Gasteiger partial charge in [-0.25, -0.2) is 0 Å². The number of nitrogens with one attached hydrogen (secondary N) is 1. The molecule has 0 aromatic heterocycles. The Morgan fingerprint density at radius 3 is 2.87 bits per heavy atom. The molecule has 0 aliphatic rings. The average Bonchev–Trinajstić information content (AvgIpc) is 2.14. The minimum absolute atomic E-state index is 0.145. The lowest BCUT2D eigenvalue weighted by Gasteiger charge is -2.07. The molecule has 0 saturated carbocycles. The van der Waals surface area contributed by atoms with Crippen LogP contribution in [0.15, 0.2) is 18.2 Å². The molecule has 0 aliphatic carbocycles. The van der Waals surface area contributed by atoms with E-state index in [4.69, 9.17) is 16.7 Å². The van der Waals surface area contributed by atoms with Gasteiger partial charge >= 0.3 is 5.97 Å². The molecular weight excluding hydrogens is 214 g/mol. The minimum Gasteiger partial charge on any atom is -0.481 e. The van der Waals surface area contributed by atoms with Crippen molar-refractivity contribution in [2.45, 2.75) is 19.9 Å². The Morgan fingerprint density at radius 2 is 2.27 bits per heavy atom. The Hall–Kier alpha value is -1.06. The van der Waals surface area contributed by atoms with Crippen LogP contribution in [0.1, 0.15) is 17.5 Å². The molecule has 0 fully saturated rings. The van der Waals surface area contributed by atoms with Gasteiger partial charge in [0.15, 0.2) is 0 Å². The molecule has 0 heterocycles. The number of carboxylic acids is 1. The van der Waals surface area contributed by atoms with E-state index in [1.54, 1.807) is 0 Å². The lowest BCUT2D eigenvalue weighted by molar-refractivity contribution is -0.136. The molecule has 0 saturated heterocycles. The number of aliphatic carboxylic acids is 1. The van der Waals surface area contributed by atoms with Gasteiger partial charge < -0.3 is 10.4 Å². The third-order valence-electron chi connectivity index (χ3n) is 2.14. The van der Waals surface area contributed by atoms with Crippen molar-refractivity contribution in [1.29, 1.82) is 0 Å². The Balaban J connectivity index is 2.40. The first-order chi connectivity index (χ1) is 7.09. The van der Waals surface area contributed by atoms with Crippen molar-refractivity contribution in [2.75, 3.05) is 6.54 Å². The molecule has 0 spiro atoms. The molecule has 4 heteroatoms. The third-order valence-corrected chi connectivity index (χ3v) is 2.37. The van der Waals surface area contributed by atoms with E-state index in [9.17, 15) is 4.79 Å². The van der Waals surface area contributed by atoms with Crippen LogP contribution >= 0.6 is 11.6 Å². The monoisotopic (exact) mass is 227 g/mol. The maximum absolute atomic E-state index is 10.3. The smallest absolute Gasteiger partial charge is 0.304 e. The number of benzene rings is 1. The lowest BCUT2D eigenvalue weighted by Crippen LogP contribution is -2.18. The highest BCUT2D eigenvalue weighted by Gasteiger charge is 2.00. The lowest BCUT2D eigenvalue weighted by atomic mass is 10.1. The number of hydrogen-bond donors (Lipinski definition) is 2. The van der Waals surface area contributed by atoms with E-state index < -0.39 is 5.97 Å². The van der Waals surface area contributed by atoms with Gasteiger partial charge in [0.05, 0.1) is 6.42 Å². The van der Waals surface area contributed by atoms with E-state index in [2.05, 4.69) is 5.32 Å². The number of aryl methyl sites for hydroxylation is 1. The zero-order chi connectivity index (χ0) is 11.3. The van der Waals surface area contributed by atoms with Gasteiger partial charge in [-0.05, 0) is 30.2 Å². The summed E-state index contributed by atoms with van der Waals surface area (Å²) in [4.78, 5) is 10.3. The van der Waals surface area contributed by atoms with Crippen molar-refractivity contribution >= 4 is 17.6 Å². The normalized spacial score (nSPS) is 10.3. The molecular formula is C11H14ClNO2. The minimum atomic E-state index is -0.782. The standard InChI is InChI=1S/C11H14ClNO2/c1-8-6-10(12)3-2-9(8)7-13-5-4-11(14)15/h2-3,6,13H,4-5,7H2,1H3,(H,14,15). The summed E-state index contributed by atoms with van der Waals surface area (Å²) in [6, 6.07) is 5.68. The summed E-state index contributed by atoms with van der Waals surface area (Å²) < 4.78 is 0. The molecule has 0 atom stereocenters. The van der Waals surface area contributed by atoms with Crippen LogP contribution in [0, 0.1) is 6.92 Å². The molecule has 2 N–H and O–H groups in total. The number of carboxylic acid groups (broad SMARTS) is 1. The van der Waals surface area contributed by atoms with Crippen LogP contribution < -0.4 is 5.32 Å². The van der Waals surface area contributed by atoms with Crippen molar-refractivity contribution in [3.8, 4) is 0 Å². The molecule has 15 heavy (non-hydrogen) atoms. The van der Waals surface area contributed by atoms with Gasteiger partial charge in [0.2, 0.25) is 0 Å². The first-order valence-corrected chi connectivity index (χ1v) is 5.15. The quantitative estimate of drug-likeness (QED) is 0.759. The van der Waals surface area contributed by atoms with Crippen LogP contribution in [0.2, 0.25) is 5.02 Å². The van der Waals surface area contributed by atoms with Gasteiger partial charge in [0.25, 0.3) is 0 Å². The van der Waals surface area contributed by atoms with Crippen molar-refractivity contribution < 1.29 is 9.90 Å². The molecule has 1 aromatic rings. The maximum atomic E-state index is 10.3. The second kappa shape index (κ2) is 5.73. The highest BCUT2D eigenvalue weighted by atomic mass is 35.5. The van der Waals surface area contributed by atoms with Gasteiger partial charge in [-0.2, -0.15) is 0 Å². The van der Waals surface area contributed by atoms with Gasteiger partial charge in [-0.3, -0.25) is 4.79 Å². The van der Waals surface area contributed by atoms with Crippen LogP contribution in [-0.4, -0.2) is 17.6 Å². The third kappa shape index (κ3) is 4.32. The van der Waals surface area contributed by atoms with Crippen LogP contribution in [0.25, 0.3) is 0 Å². The summed E-state index contributed by atoms with van der Waals surface area (Å²) in [6.45, 7) is 3.15. The second-order valence-corrected chi connectivity index (χ2v) is 3.83. The number of halogens is 1. The van der Waals surface area contributed by atoms with E-state index in [-0.39, 0.29) is 6.42 Å². The maximum Gasteiger partial charge on any atom is 0.304 e. The molecule has 0 amide bonds. The van der Waals surface area contributed by atoms with E-state index in [1.165, 1.54) is 0 Å². The SMILES string of the molecule is Cc1cc(Cl)ccc1CNCCC(=O)O. The fourth-order valence-corrected chi connectivity index (χ4v) is 1.50. The molecule has 82 valence electrons. The summed E-state index contributed by atoms with van der Waals surface area (Å²) in [5.41, 5.74) is 2.26. The summed E-state index contributed by atoms with van der Waals surface area (Å²) in [5.74, 6) is -0.782. The van der Waals surface area contributed by atoms with Crippen molar-refractivity contribution in [3.63, 3.8) is 0 Å². The highest BCUT2D eigenvalue weighted by Crippen LogP contribution is 2.14. The molecule has 1 rings (SSSR count). The Labute approximate surface area is 94.1 Å². The fraction of sp³-hybridized carbons (Fsp3) is 0.364. The van der Waals surface area contributed by atoms with E-state index >= 15 is 0 Å². The predicted octanol–water partition coefficient (Wildman–Crippen LogP) is 2.21. The van der Waals surface area contributed by atoms with Crippen LogP contribution in [0.3, 0.4) is 0 Å². The van der Waals surface area contributed by atoms with Crippen molar-refractivity contribution in [1.82, 2.24) is 5.32 Å². The molecule has 1 aromatic carbocycles. The largest absolute Gasteiger partial charge is 0.481 e. The fourth-order valence-electron chi connectivity index (χ4n) is 1.28. The van der Waals surface area contributed by atoms with Gasteiger partial charge in [0.1, 0.15) is 0 Å². The van der Waals surface area contributed by atoms with Gasteiger partial charge in [-0.1, -0.05) is 17.7 Å². The van der Waals surface area contributed by atoms with E-state index in [1.807, 2.05) is 25.1 Å². The molecule has 0 unspecified atom stereocenters. The summed E-state index contributed by atoms with van der Waals surface area (Å²) in [5, 5.41) is 12.2. The first kappa shape index (κ1) is 12.0. The van der Waals surface area contributed by atoms with E-state index in [0.29, 0.717) is 13.1 Å². The molecule has 3 nitrogen and oxygen atoms in total. The Bertz CT molecular complexity index is 352. The van der Waals surface area contributed by atoms with Crippen LogP contribution in [-0.2, 0) is 11.3 Å². The van der Waals surface area contributed by atoms with Gasteiger partial charge in [0, 0.05) is 18.1 Å². The second-order valence-electron chi connectivity index (χ2n) is 3.39. The number of rotatable bonds is 5. The van der Waals surface area contributed by atoms with Crippen molar-refractivity contribution in [2.24, 2.45) is 0 Å². The zero-order valence-corrected chi connectivity index (χ0v) is 9.34. The van der Waals surface area contributed by atoms with Crippen LogP contribution in [0.5, 0.6) is 0 Å². The predicted molar refractivity (Wildman–Crippen MR) is 60.1 cm³/mol. The molecule has 0 radical (unpaired) electrons. The highest BCUT2D eigenvalue weighted by molar-refractivity contribution is 6.30. The Morgan fingerprint density at radius 1 is 1.53 bits per heavy atom. The van der Waals surface area contributed by atoms with Gasteiger partial charge in [-0.15, -0.1) is 0 Å². The molecule has 0 aliphatic heterocycles. The van der Waals surface area contributed by atoms with Crippen LogP contribution in [0.4, 0.5) is 0 Å². The summed E-state index contributed by atoms with van der Waals surface area (Å²) in [6.07, 6.45) is 0.145.